The van der Waals surface area contributed by atoms with E-state index >= 15 is 0 Å². The van der Waals surface area contributed by atoms with Crippen molar-refractivity contribution in [1.29, 1.82) is 0 Å². The third-order valence-corrected chi connectivity index (χ3v) is 6.17. The Morgan fingerprint density at radius 3 is 2.39 bits per heavy atom. The summed E-state index contributed by atoms with van der Waals surface area (Å²) >= 11 is 0. The Balaban J connectivity index is 2.01. The van der Waals surface area contributed by atoms with Gasteiger partial charge in [0.2, 0.25) is 5.91 Å². The second-order valence-corrected chi connectivity index (χ2v) is 8.42. The van der Waals surface area contributed by atoms with Crippen LogP contribution < -0.4 is 10.3 Å². The second-order valence-electron chi connectivity index (χ2n) is 8.42. The summed E-state index contributed by atoms with van der Waals surface area (Å²) in [5, 5.41) is 0.553. The van der Waals surface area contributed by atoms with E-state index in [0.717, 1.165) is 19.3 Å². The molecule has 0 aliphatic rings. The largest absolute Gasteiger partial charge is 0.497 e. The van der Waals surface area contributed by atoms with Crippen molar-refractivity contribution in [3.05, 3.63) is 64.7 Å². The van der Waals surface area contributed by atoms with E-state index in [1.165, 1.54) is 12.8 Å². The fourth-order valence-electron chi connectivity index (χ4n) is 4.21. The number of hydrogen-bond acceptors (Lipinski definition) is 4. The zero-order chi connectivity index (χ0) is 23.8. The summed E-state index contributed by atoms with van der Waals surface area (Å²) in [5.41, 5.74) is 1.20. The Morgan fingerprint density at radius 1 is 1.03 bits per heavy atom. The quantitative estimate of drug-likeness (QED) is 0.354. The Morgan fingerprint density at radius 2 is 1.73 bits per heavy atom. The number of benzene rings is 2. The van der Waals surface area contributed by atoms with E-state index in [4.69, 9.17) is 9.72 Å². The summed E-state index contributed by atoms with van der Waals surface area (Å²) in [5.74, 6) is 1.37. The zero-order valence-electron chi connectivity index (χ0n) is 20.2. The lowest BCUT2D eigenvalue weighted by Gasteiger charge is -2.29. The molecule has 1 amide bonds. The maximum atomic E-state index is 13.6. The molecule has 0 spiro atoms. The van der Waals surface area contributed by atoms with Gasteiger partial charge in [0.15, 0.2) is 0 Å². The van der Waals surface area contributed by atoms with Gasteiger partial charge >= 0.3 is 0 Å². The lowest BCUT2D eigenvalue weighted by molar-refractivity contribution is -0.132. The smallest absolute Gasteiger partial charge is 0.266 e. The van der Waals surface area contributed by atoms with Crippen molar-refractivity contribution in [1.82, 2.24) is 14.5 Å². The van der Waals surface area contributed by atoms with E-state index in [1.54, 1.807) is 22.6 Å². The molecule has 1 heterocycles. The number of rotatable bonds is 11. The number of fused-ring (bicyclic) bond motifs is 1. The molecule has 176 valence electrons. The fraction of sp³-hybridized carbons (Fsp3) is 0.444. The molecule has 0 saturated heterocycles. The van der Waals surface area contributed by atoms with Crippen molar-refractivity contribution in [3.8, 4) is 11.4 Å². The molecule has 0 saturated carbocycles. The molecular weight excluding hydrogens is 414 g/mol. The predicted molar refractivity (Wildman–Crippen MR) is 133 cm³/mol. The average molecular weight is 450 g/mol. The van der Waals surface area contributed by atoms with E-state index in [0.29, 0.717) is 41.0 Å². The second kappa shape index (κ2) is 11.6. The minimum atomic E-state index is -0.312. The number of methoxy groups -OCH3 is 1. The number of carbonyl (C=O) groups excluding carboxylic acids is 1. The molecule has 33 heavy (non-hydrogen) atoms. The molecule has 3 rings (SSSR count). The molecule has 0 fully saturated rings. The van der Waals surface area contributed by atoms with Crippen LogP contribution in [0.5, 0.6) is 5.75 Å². The highest BCUT2D eigenvalue weighted by Crippen LogP contribution is 2.26. The average Bonchev–Trinajstić information content (AvgIpc) is 2.84. The van der Waals surface area contributed by atoms with E-state index in [2.05, 4.69) is 6.92 Å². The van der Waals surface area contributed by atoms with E-state index < -0.39 is 0 Å². The van der Waals surface area contributed by atoms with Gasteiger partial charge in [0, 0.05) is 13.5 Å². The number of ether oxygens (including phenoxy) is 1. The third-order valence-electron chi connectivity index (χ3n) is 6.17. The van der Waals surface area contributed by atoms with Crippen LogP contribution in [0.15, 0.2) is 53.3 Å². The molecule has 0 bridgehead atoms. The van der Waals surface area contributed by atoms with Crippen LogP contribution in [-0.2, 0) is 4.79 Å². The van der Waals surface area contributed by atoms with Gasteiger partial charge in [-0.3, -0.25) is 14.2 Å². The topological polar surface area (TPSA) is 64.4 Å². The highest BCUT2D eigenvalue weighted by molar-refractivity contribution is 5.79. The molecular formula is C27H35N3O3. The number of carbonyl (C=O) groups is 1. The van der Waals surface area contributed by atoms with Crippen molar-refractivity contribution in [2.24, 2.45) is 0 Å². The maximum Gasteiger partial charge on any atom is 0.266 e. The number of aromatic nitrogens is 2. The molecule has 1 atom stereocenters. The number of hydrogen-bond donors (Lipinski definition) is 0. The summed E-state index contributed by atoms with van der Waals surface area (Å²) in [6.45, 7) is 4.21. The molecule has 0 aliphatic heterocycles. The van der Waals surface area contributed by atoms with Gasteiger partial charge in [-0.25, -0.2) is 4.98 Å². The van der Waals surface area contributed by atoms with Gasteiger partial charge in [0.25, 0.3) is 5.56 Å². The molecule has 6 nitrogen and oxygen atoms in total. The van der Waals surface area contributed by atoms with Gasteiger partial charge in [0.05, 0.1) is 29.7 Å². The van der Waals surface area contributed by atoms with Crippen molar-refractivity contribution >= 4 is 16.8 Å². The molecule has 1 aromatic heterocycles. The summed E-state index contributed by atoms with van der Waals surface area (Å²) in [4.78, 5) is 33.2. The fourth-order valence-corrected chi connectivity index (χ4v) is 4.21. The summed E-state index contributed by atoms with van der Waals surface area (Å²) < 4.78 is 6.92. The molecule has 0 aliphatic carbocycles. The minimum absolute atomic E-state index is 0.0852. The third kappa shape index (κ3) is 5.62. The van der Waals surface area contributed by atoms with Crippen LogP contribution in [0, 0.1) is 0 Å². The van der Waals surface area contributed by atoms with Crippen molar-refractivity contribution in [3.63, 3.8) is 0 Å². The normalized spacial score (nSPS) is 12.0. The molecule has 0 N–H and O–H groups in total. The first-order chi connectivity index (χ1) is 16.0. The van der Waals surface area contributed by atoms with Crippen molar-refractivity contribution in [2.75, 3.05) is 14.2 Å². The van der Waals surface area contributed by atoms with Crippen LogP contribution in [0.3, 0.4) is 0 Å². The predicted octanol–water partition coefficient (Wildman–Crippen LogP) is 5.66. The van der Waals surface area contributed by atoms with Crippen LogP contribution in [0.1, 0.15) is 70.7 Å². The molecule has 0 radical (unpaired) electrons. The van der Waals surface area contributed by atoms with Crippen molar-refractivity contribution in [2.45, 2.75) is 64.8 Å². The number of para-hydroxylation sites is 1. The van der Waals surface area contributed by atoms with E-state index in [-0.39, 0.29) is 17.5 Å². The first-order valence-corrected chi connectivity index (χ1v) is 11.9. The maximum absolute atomic E-state index is 13.6. The van der Waals surface area contributed by atoms with Gasteiger partial charge in [0.1, 0.15) is 11.6 Å². The zero-order valence-corrected chi connectivity index (χ0v) is 20.2. The van der Waals surface area contributed by atoms with Crippen LogP contribution in [0.25, 0.3) is 16.6 Å². The monoisotopic (exact) mass is 449 g/mol. The number of nitrogens with zero attached hydrogens (tertiary/aromatic N) is 3. The van der Waals surface area contributed by atoms with Crippen LogP contribution in [-0.4, -0.2) is 34.5 Å². The number of amides is 1. The molecule has 6 heteroatoms. The van der Waals surface area contributed by atoms with Crippen LogP contribution >= 0.6 is 0 Å². The van der Waals surface area contributed by atoms with Gasteiger partial charge < -0.3 is 9.64 Å². The minimum Gasteiger partial charge on any atom is -0.497 e. The van der Waals surface area contributed by atoms with Crippen LogP contribution in [0.4, 0.5) is 0 Å². The standard InChI is InChI=1S/C27H35N3O3/c1-5-7-8-9-10-15-25(31)29(3)24(6-2)26-28-23-14-12-11-13-22(23)27(32)30(26)20-16-18-21(33-4)19-17-20/h11-14,16-19,24H,5-10,15H2,1-4H3. The Labute approximate surface area is 196 Å². The highest BCUT2D eigenvalue weighted by atomic mass is 16.5. The Bertz CT molecular complexity index is 1120. The molecule has 1 unspecified atom stereocenters. The Hall–Kier alpha value is -3.15. The summed E-state index contributed by atoms with van der Waals surface area (Å²) in [6.07, 6.45) is 6.66. The summed E-state index contributed by atoms with van der Waals surface area (Å²) in [6, 6.07) is 14.4. The first-order valence-electron chi connectivity index (χ1n) is 11.9. The first kappa shape index (κ1) is 24.5. The summed E-state index contributed by atoms with van der Waals surface area (Å²) in [7, 11) is 3.43. The van der Waals surface area contributed by atoms with Crippen LogP contribution in [0.2, 0.25) is 0 Å². The Kier molecular flexibility index (Phi) is 8.64. The SMILES string of the molecule is CCCCCCCC(=O)N(C)C(CC)c1nc2ccccc2c(=O)n1-c1ccc(OC)cc1. The van der Waals surface area contributed by atoms with Gasteiger partial charge in [-0.1, -0.05) is 51.7 Å². The molecule has 3 aromatic rings. The number of unbranched alkanes of at least 4 members (excludes halogenated alkanes) is 4. The van der Waals surface area contributed by atoms with Crippen molar-refractivity contribution < 1.29 is 9.53 Å². The lowest BCUT2D eigenvalue weighted by Crippen LogP contribution is -2.35. The van der Waals surface area contributed by atoms with Gasteiger partial charge in [-0.05, 0) is 49.2 Å². The highest BCUT2D eigenvalue weighted by Gasteiger charge is 2.26. The van der Waals surface area contributed by atoms with Gasteiger partial charge in [-0.2, -0.15) is 0 Å². The van der Waals surface area contributed by atoms with Gasteiger partial charge in [-0.15, -0.1) is 0 Å². The molecule has 2 aromatic carbocycles. The lowest BCUT2D eigenvalue weighted by atomic mass is 10.1. The van der Waals surface area contributed by atoms with E-state index in [9.17, 15) is 9.59 Å². The van der Waals surface area contributed by atoms with E-state index in [1.807, 2.05) is 56.4 Å².